The lowest BCUT2D eigenvalue weighted by Gasteiger charge is -2.22. The topological polar surface area (TPSA) is 129 Å². The largest absolute Gasteiger partial charge is 0.496 e. The minimum atomic E-state index is -4.70. The van der Waals surface area contributed by atoms with Crippen LogP contribution in [0.1, 0.15) is 34.9 Å². The van der Waals surface area contributed by atoms with E-state index in [2.05, 4.69) is 26.2 Å². The van der Waals surface area contributed by atoms with E-state index < -0.39 is 18.2 Å². The van der Waals surface area contributed by atoms with Crippen molar-refractivity contribution in [3.05, 3.63) is 35.5 Å². The molecule has 198 valence electrons. The molecular weight excluding hydrogens is 497 g/mol. The lowest BCUT2D eigenvalue weighted by molar-refractivity contribution is -0.216. The zero-order chi connectivity index (χ0) is 26.9. The summed E-state index contributed by atoms with van der Waals surface area (Å²) < 4.78 is 52.7. The predicted octanol–water partition coefficient (Wildman–Crippen LogP) is 3.61. The summed E-state index contributed by atoms with van der Waals surface area (Å²) in [6.07, 6.45) is -4.14. The molecule has 3 N–H and O–H groups in total. The third kappa shape index (κ3) is 5.29. The Morgan fingerprint density at radius 1 is 1.19 bits per heavy atom. The molecule has 1 fully saturated rings. The Labute approximate surface area is 209 Å². The number of methoxy groups -OCH3 is 2. The molecule has 1 unspecified atom stereocenters. The number of carbonyl (C=O) groups excluding carboxylic acids is 2. The van der Waals surface area contributed by atoms with Gasteiger partial charge in [0.2, 0.25) is 5.91 Å². The van der Waals surface area contributed by atoms with Crippen LogP contribution in [0.15, 0.2) is 24.4 Å². The number of aryl methyl sites for hydroxylation is 1. The maximum atomic E-state index is 13.7. The van der Waals surface area contributed by atoms with E-state index in [1.54, 1.807) is 7.05 Å². The SMILES string of the molecule is CONC(=O)c1cnc(NC(=O)C2CC2)cc1Nc1nn(C)c2ccc(C(OC)C(F)(F)F)c(OC)c12. The minimum absolute atomic E-state index is 0.0326. The zero-order valence-corrected chi connectivity index (χ0v) is 20.4. The number of nitrogens with one attached hydrogen (secondary N) is 3. The van der Waals surface area contributed by atoms with Crippen molar-refractivity contribution in [2.75, 3.05) is 32.0 Å². The molecule has 2 aromatic heterocycles. The first-order valence-corrected chi connectivity index (χ1v) is 11.1. The Bertz CT molecular complexity index is 1340. The number of ether oxygens (including phenoxy) is 2. The van der Waals surface area contributed by atoms with Crippen molar-refractivity contribution in [2.24, 2.45) is 13.0 Å². The predicted molar refractivity (Wildman–Crippen MR) is 126 cm³/mol. The maximum absolute atomic E-state index is 13.7. The van der Waals surface area contributed by atoms with Gasteiger partial charge in [-0.3, -0.25) is 19.1 Å². The summed E-state index contributed by atoms with van der Waals surface area (Å²) in [6.45, 7) is 0. The van der Waals surface area contributed by atoms with E-state index in [0.717, 1.165) is 20.0 Å². The normalized spacial score (nSPS) is 14.4. The van der Waals surface area contributed by atoms with Gasteiger partial charge in [-0.05, 0) is 18.9 Å². The highest BCUT2D eigenvalue weighted by molar-refractivity contribution is 6.03. The number of carbonyl (C=O) groups is 2. The highest BCUT2D eigenvalue weighted by Gasteiger charge is 2.43. The molecule has 14 heteroatoms. The van der Waals surface area contributed by atoms with Gasteiger partial charge in [-0.15, -0.1) is 0 Å². The third-order valence-electron chi connectivity index (χ3n) is 5.82. The first-order chi connectivity index (χ1) is 17.6. The average Bonchev–Trinajstić information content (AvgIpc) is 3.64. The number of halogens is 3. The van der Waals surface area contributed by atoms with Crippen molar-refractivity contribution >= 4 is 40.0 Å². The van der Waals surface area contributed by atoms with Crippen LogP contribution in [0, 0.1) is 5.92 Å². The molecule has 1 aromatic carbocycles. The van der Waals surface area contributed by atoms with Crippen molar-refractivity contribution < 1.29 is 37.1 Å². The van der Waals surface area contributed by atoms with Crippen molar-refractivity contribution in [2.45, 2.75) is 25.1 Å². The number of pyridine rings is 1. The molecule has 1 aliphatic carbocycles. The van der Waals surface area contributed by atoms with Gasteiger partial charge >= 0.3 is 6.18 Å². The second-order valence-corrected chi connectivity index (χ2v) is 8.35. The molecule has 0 aliphatic heterocycles. The number of benzene rings is 1. The van der Waals surface area contributed by atoms with E-state index in [1.807, 2.05) is 0 Å². The number of aromatic nitrogens is 3. The highest BCUT2D eigenvalue weighted by atomic mass is 19.4. The quantitative estimate of drug-likeness (QED) is 0.364. The number of hydrogen-bond acceptors (Lipinski definition) is 8. The van der Waals surface area contributed by atoms with Crippen LogP contribution in [0.25, 0.3) is 10.9 Å². The number of alkyl halides is 3. The van der Waals surface area contributed by atoms with E-state index in [4.69, 9.17) is 14.3 Å². The number of rotatable bonds is 9. The lowest BCUT2D eigenvalue weighted by Crippen LogP contribution is -2.23. The van der Waals surface area contributed by atoms with E-state index in [1.165, 1.54) is 43.3 Å². The standard InChI is InChI=1S/C23H25F3N6O5/c1-32-15-8-7-12(19(36-3)23(24,25)26)18(35-2)17(15)20(30-32)28-14-9-16(29-21(33)11-5-6-11)27-10-13(14)22(34)31-37-4/h7-11,19H,5-6H2,1-4H3,(H,31,34)(H2,27,28,29,30,33). The van der Waals surface area contributed by atoms with Gasteiger partial charge in [-0.2, -0.15) is 18.3 Å². The second kappa shape index (κ2) is 10.2. The Balaban J connectivity index is 1.83. The fourth-order valence-corrected chi connectivity index (χ4v) is 3.95. The molecule has 11 nitrogen and oxygen atoms in total. The number of anilines is 3. The fraction of sp³-hybridized carbons (Fsp3) is 0.391. The van der Waals surface area contributed by atoms with E-state index in [-0.39, 0.29) is 51.4 Å². The Morgan fingerprint density at radius 3 is 2.51 bits per heavy atom. The summed E-state index contributed by atoms with van der Waals surface area (Å²) >= 11 is 0. The second-order valence-electron chi connectivity index (χ2n) is 8.35. The zero-order valence-electron chi connectivity index (χ0n) is 20.4. The van der Waals surface area contributed by atoms with Crippen molar-refractivity contribution in [3.63, 3.8) is 0 Å². The van der Waals surface area contributed by atoms with E-state index in [0.29, 0.717) is 5.52 Å². The number of hydrogen-bond donors (Lipinski definition) is 3. The van der Waals surface area contributed by atoms with Crippen LogP contribution < -0.4 is 20.9 Å². The summed E-state index contributed by atoms with van der Waals surface area (Å²) in [5.74, 6) is -0.749. The summed E-state index contributed by atoms with van der Waals surface area (Å²) in [5.41, 5.74) is 2.61. The number of nitrogens with zero attached hydrogens (tertiary/aromatic N) is 3. The van der Waals surface area contributed by atoms with Crippen molar-refractivity contribution in [3.8, 4) is 5.75 Å². The number of hydroxylamine groups is 1. The van der Waals surface area contributed by atoms with Crippen LogP contribution in [0.3, 0.4) is 0 Å². The van der Waals surface area contributed by atoms with Gasteiger partial charge in [0.1, 0.15) is 11.6 Å². The summed E-state index contributed by atoms with van der Waals surface area (Å²) in [6, 6.07) is 4.16. The van der Waals surface area contributed by atoms with Gasteiger partial charge in [0.15, 0.2) is 11.9 Å². The maximum Gasteiger partial charge on any atom is 0.418 e. The van der Waals surface area contributed by atoms with E-state index in [9.17, 15) is 22.8 Å². The number of fused-ring (bicyclic) bond motifs is 1. The fourth-order valence-electron chi connectivity index (χ4n) is 3.95. The van der Waals surface area contributed by atoms with Gasteiger partial charge in [0.25, 0.3) is 5.91 Å². The third-order valence-corrected chi connectivity index (χ3v) is 5.82. The molecule has 37 heavy (non-hydrogen) atoms. The first kappa shape index (κ1) is 26.2. The Morgan fingerprint density at radius 2 is 1.92 bits per heavy atom. The van der Waals surface area contributed by atoms with Crippen LogP contribution in [0.5, 0.6) is 5.75 Å². The lowest BCUT2D eigenvalue weighted by atomic mass is 10.0. The van der Waals surface area contributed by atoms with Gasteiger partial charge in [0.05, 0.1) is 36.4 Å². The van der Waals surface area contributed by atoms with Gasteiger partial charge < -0.3 is 20.1 Å². The van der Waals surface area contributed by atoms with Gasteiger partial charge in [-0.1, -0.05) is 6.07 Å². The molecule has 1 aliphatic rings. The Hall–Kier alpha value is -3.91. The molecule has 2 heterocycles. The highest BCUT2D eigenvalue weighted by Crippen LogP contribution is 2.44. The molecule has 3 aromatic rings. The molecule has 4 rings (SSSR count). The molecule has 0 bridgehead atoms. The summed E-state index contributed by atoms with van der Waals surface area (Å²) in [4.78, 5) is 33.7. The molecule has 1 saturated carbocycles. The van der Waals surface area contributed by atoms with E-state index >= 15 is 0 Å². The van der Waals surface area contributed by atoms with Gasteiger partial charge in [0, 0.05) is 37.9 Å². The first-order valence-electron chi connectivity index (χ1n) is 11.1. The van der Waals surface area contributed by atoms with Crippen molar-refractivity contribution in [1.29, 1.82) is 0 Å². The molecule has 2 amide bonds. The summed E-state index contributed by atoms with van der Waals surface area (Å²) in [7, 11) is 5.07. The minimum Gasteiger partial charge on any atom is -0.496 e. The molecule has 1 atom stereocenters. The van der Waals surface area contributed by atoms with Crippen molar-refractivity contribution in [1.82, 2.24) is 20.2 Å². The molecular formula is C23H25F3N6O5. The average molecular weight is 522 g/mol. The van der Waals surface area contributed by atoms with Gasteiger partial charge in [-0.25, -0.2) is 10.5 Å². The van der Waals surface area contributed by atoms with Crippen LogP contribution in [0.4, 0.5) is 30.5 Å². The van der Waals surface area contributed by atoms with Crippen LogP contribution in [-0.2, 0) is 21.4 Å². The molecule has 0 saturated heterocycles. The Kier molecular flexibility index (Phi) is 7.23. The van der Waals surface area contributed by atoms with Crippen LogP contribution >= 0.6 is 0 Å². The molecule has 0 spiro atoms. The number of amides is 2. The summed E-state index contributed by atoms with van der Waals surface area (Å²) in [5, 5.41) is 10.3. The van der Waals surface area contributed by atoms with Crippen LogP contribution in [0.2, 0.25) is 0 Å². The smallest absolute Gasteiger partial charge is 0.418 e. The molecule has 0 radical (unpaired) electrons. The monoisotopic (exact) mass is 522 g/mol. The van der Waals surface area contributed by atoms with Crippen LogP contribution in [-0.4, -0.2) is 54.1 Å².